The van der Waals surface area contributed by atoms with E-state index in [2.05, 4.69) is 30.6 Å². The van der Waals surface area contributed by atoms with E-state index in [-0.39, 0.29) is 12.4 Å². The highest BCUT2D eigenvalue weighted by Crippen LogP contribution is 2.28. The van der Waals surface area contributed by atoms with E-state index in [1.807, 2.05) is 4.90 Å². The van der Waals surface area contributed by atoms with E-state index in [0.717, 1.165) is 5.56 Å². The Bertz CT molecular complexity index is 1040. The van der Waals surface area contributed by atoms with Crippen LogP contribution >= 0.6 is 0 Å². The van der Waals surface area contributed by atoms with Gasteiger partial charge in [-0.15, -0.1) is 0 Å². The van der Waals surface area contributed by atoms with Crippen LogP contribution in [0.15, 0.2) is 30.6 Å². The van der Waals surface area contributed by atoms with Crippen molar-refractivity contribution >= 4 is 39.4 Å². The molecule has 2 aromatic heterocycles. The van der Waals surface area contributed by atoms with Crippen LogP contribution in [0.5, 0.6) is 0 Å². The summed E-state index contributed by atoms with van der Waals surface area (Å²) < 4.78 is 24.9. The molecule has 3 heterocycles. The van der Waals surface area contributed by atoms with Crippen molar-refractivity contribution in [1.82, 2.24) is 19.9 Å². The number of nitrogens with zero attached hydrogens (tertiary/aromatic N) is 5. The van der Waals surface area contributed by atoms with Gasteiger partial charge < -0.3 is 20.6 Å². The van der Waals surface area contributed by atoms with E-state index in [0.29, 0.717) is 66.3 Å². The first kappa shape index (κ1) is 20.4. The number of hydrogen-bond acceptors (Lipinski definition) is 9. The summed E-state index contributed by atoms with van der Waals surface area (Å²) in [6.45, 7) is 1.91. The maximum absolute atomic E-state index is 13.1. The number of rotatable bonds is 7. The van der Waals surface area contributed by atoms with E-state index in [1.54, 1.807) is 12.1 Å². The van der Waals surface area contributed by atoms with E-state index in [9.17, 15) is 8.60 Å². The normalized spacial score (nSPS) is 14.8. The van der Waals surface area contributed by atoms with Crippen LogP contribution in [-0.2, 0) is 17.3 Å². The molecule has 0 atom stereocenters. The first-order chi connectivity index (χ1) is 14.6. The lowest BCUT2D eigenvalue weighted by atomic mass is 10.2. The van der Waals surface area contributed by atoms with Gasteiger partial charge in [0.15, 0.2) is 11.6 Å². The Balaban J connectivity index is 1.69. The zero-order valence-electron chi connectivity index (χ0n) is 16.2. The number of aliphatic hydroxyl groups is 1. The summed E-state index contributed by atoms with van der Waals surface area (Å²) in [5, 5.41) is 15.4. The predicted molar refractivity (Wildman–Crippen MR) is 115 cm³/mol. The lowest BCUT2D eigenvalue weighted by Gasteiger charge is -2.28. The monoisotopic (exact) mass is 431 g/mol. The molecule has 1 aliphatic heterocycles. The van der Waals surface area contributed by atoms with Gasteiger partial charge in [-0.25, -0.2) is 19.3 Å². The second-order valence-electron chi connectivity index (χ2n) is 6.76. The minimum Gasteiger partial charge on any atom is -0.395 e. The van der Waals surface area contributed by atoms with Crippen molar-refractivity contribution < 1.29 is 13.7 Å². The summed E-state index contributed by atoms with van der Waals surface area (Å²) in [6, 6.07) is 6.22. The minimum atomic E-state index is -0.814. The molecule has 0 bridgehead atoms. The molecule has 0 unspecified atom stereocenters. The molecule has 9 nitrogen and oxygen atoms in total. The highest BCUT2D eigenvalue weighted by atomic mass is 32.2. The Morgan fingerprint density at radius 3 is 2.57 bits per heavy atom. The van der Waals surface area contributed by atoms with Crippen molar-refractivity contribution in [3.05, 3.63) is 42.0 Å². The van der Waals surface area contributed by atoms with Crippen LogP contribution in [0, 0.1) is 5.82 Å². The summed E-state index contributed by atoms with van der Waals surface area (Å²) in [4.78, 5) is 19.9. The van der Waals surface area contributed by atoms with Crippen LogP contribution < -0.4 is 15.5 Å². The molecule has 4 rings (SSSR count). The van der Waals surface area contributed by atoms with Gasteiger partial charge in [0.2, 0.25) is 5.95 Å². The summed E-state index contributed by atoms with van der Waals surface area (Å²) in [5.41, 5.74) is 2.03. The van der Waals surface area contributed by atoms with Crippen molar-refractivity contribution in [3.63, 3.8) is 0 Å². The van der Waals surface area contributed by atoms with E-state index >= 15 is 0 Å². The molecule has 0 spiro atoms. The molecule has 3 N–H and O–H groups in total. The number of hydrogen-bond donors (Lipinski definition) is 3. The summed E-state index contributed by atoms with van der Waals surface area (Å²) in [6.07, 6.45) is 1.45. The third kappa shape index (κ3) is 4.62. The predicted octanol–water partition coefficient (Wildman–Crippen LogP) is 1.14. The van der Waals surface area contributed by atoms with Gasteiger partial charge in [0, 0.05) is 48.5 Å². The van der Waals surface area contributed by atoms with Gasteiger partial charge in [0.05, 0.1) is 6.61 Å². The number of anilines is 3. The minimum absolute atomic E-state index is 0.0552. The average molecular weight is 431 g/mol. The van der Waals surface area contributed by atoms with Gasteiger partial charge in [-0.2, -0.15) is 4.98 Å². The number of aliphatic hydroxyl groups excluding tert-OH is 1. The first-order valence-corrected chi connectivity index (χ1v) is 11.1. The SMILES string of the molecule is O=S1CCN(c2nc(NCCO)nc3c(NCc4ccc(F)cc4)ncnc23)CC1. The molecule has 1 aromatic carbocycles. The van der Waals surface area contributed by atoms with Crippen molar-refractivity contribution in [2.75, 3.05) is 53.3 Å². The zero-order valence-corrected chi connectivity index (χ0v) is 17.0. The largest absolute Gasteiger partial charge is 0.395 e. The quantitative estimate of drug-likeness (QED) is 0.506. The number of benzene rings is 1. The number of fused-ring (bicyclic) bond motifs is 1. The van der Waals surface area contributed by atoms with Crippen LogP contribution in [0.3, 0.4) is 0 Å². The van der Waals surface area contributed by atoms with Gasteiger partial charge in [-0.3, -0.25) is 4.21 Å². The number of halogens is 1. The highest BCUT2D eigenvalue weighted by Gasteiger charge is 2.22. The summed E-state index contributed by atoms with van der Waals surface area (Å²) in [5.74, 6) is 2.39. The van der Waals surface area contributed by atoms with Gasteiger partial charge >= 0.3 is 0 Å². The molecular formula is C19H22FN7O2S. The lowest BCUT2D eigenvalue weighted by Crippen LogP contribution is -2.38. The molecular weight excluding hydrogens is 409 g/mol. The molecule has 11 heteroatoms. The highest BCUT2D eigenvalue weighted by molar-refractivity contribution is 7.85. The fraction of sp³-hybridized carbons (Fsp3) is 0.368. The molecule has 3 aromatic rings. The maximum Gasteiger partial charge on any atom is 0.225 e. The standard InChI is InChI=1S/C19H22FN7O2S/c20-14-3-1-13(2-4-14)11-22-17-15-16(23-12-24-17)18(26-19(25-15)21-5-8-28)27-6-9-30(29)10-7-27/h1-4,12,28H,5-11H2,(H,21,25,26)(H,22,23,24). The Morgan fingerprint density at radius 1 is 1.07 bits per heavy atom. The molecule has 0 aliphatic carbocycles. The number of nitrogens with one attached hydrogen (secondary N) is 2. The van der Waals surface area contributed by atoms with Crippen LogP contribution in [0.1, 0.15) is 5.56 Å². The average Bonchev–Trinajstić information content (AvgIpc) is 2.77. The Kier molecular flexibility index (Phi) is 6.29. The maximum atomic E-state index is 13.1. The topological polar surface area (TPSA) is 116 Å². The zero-order chi connectivity index (χ0) is 20.9. The van der Waals surface area contributed by atoms with Gasteiger partial charge in [-0.1, -0.05) is 12.1 Å². The molecule has 0 saturated carbocycles. The molecule has 30 heavy (non-hydrogen) atoms. The third-order valence-corrected chi connectivity index (χ3v) is 5.98. The second kappa shape index (κ2) is 9.26. The fourth-order valence-electron chi connectivity index (χ4n) is 3.17. The first-order valence-electron chi connectivity index (χ1n) is 9.60. The van der Waals surface area contributed by atoms with Crippen LogP contribution in [-0.4, -0.2) is 67.0 Å². The molecule has 1 saturated heterocycles. The van der Waals surface area contributed by atoms with Crippen LogP contribution in [0.25, 0.3) is 11.0 Å². The summed E-state index contributed by atoms with van der Waals surface area (Å²) >= 11 is 0. The molecule has 0 radical (unpaired) electrons. The third-order valence-electron chi connectivity index (χ3n) is 4.71. The Morgan fingerprint density at radius 2 is 1.83 bits per heavy atom. The molecule has 158 valence electrons. The van der Waals surface area contributed by atoms with Crippen LogP contribution in [0.2, 0.25) is 0 Å². The Labute approximate surface area is 175 Å². The Hall–Kier alpha value is -2.92. The summed E-state index contributed by atoms with van der Waals surface area (Å²) in [7, 11) is -0.814. The molecule has 0 amide bonds. The van der Waals surface area contributed by atoms with Crippen LogP contribution in [0.4, 0.5) is 22.0 Å². The van der Waals surface area contributed by atoms with Crippen molar-refractivity contribution in [2.45, 2.75) is 6.54 Å². The second-order valence-corrected chi connectivity index (χ2v) is 8.45. The van der Waals surface area contributed by atoms with Gasteiger partial charge in [-0.05, 0) is 17.7 Å². The number of aromatic nitrogens is 4. The van der Waals surface area contributed by atoms with E-state index in [4.69, 9.17) is 5.11 Å². The fourth-order valence-corrected chi connectivity index (χ4v) is 4.22. The molecule has 1 aliphatic rings. The van der Waals surface area contributed by atoms with Gasteiger partial charge in [0.1, 0.15) is 23.2 Å². The van der Waals surface area contributed by atoms with Crippen molar-refractivity contribution in [3.8, 4) is 0 Å². The van der Waals surface area contributed by atoms with E-state index in [1.165, 1.54) is 18.5 Å². The van der Waals surface area contributed by atoms with Crippen molar-refractivity contribution in [1.29, 1.82) is 0 Å². The molecule has 1 fully saturated rings. The van der Waals surface area contributed by atoms with Crippen molar-refractivity contribution in [2.24, 2.45) is 0 Å². The lowest BCUT2D eigenvalue weighted by molar-refractivity contribution is 0.311. The van der Waals surface area contributed by atoms with Gasteiger partial charge in [0.25, 0.3) is 0 Å². The van der Waals surface area contributed by atoms with E-state index < -0.39 is 10.8 Å². The smallest absolute Gasteiger partial charge is 0.225 e.